The minimum Gasteiger partial charge on any atom is -0.495 e. The molecule has 2 aromatic rings. The van der Waals surface area contributed by atoms with Gasteiger partial charge in [0.25, 0.3) is 0 Å². The van der Waals surface area contributed by atoms with Gasteiger partial charge in [-0.05, 0) is 48.2 Å². The Bertz CT molecular complexity index is 695. The average Bonchev–Trinajstić information content (AvgIpc) is 2.50. The molecule has 0 spiro atoms. The largest absolute Gasteiger partial charge is 0.495 e. The van der Waals surface area contributed by atoms with Gasteiger partial charge >= 0.3 is 0 Å². The fraction of sp³-hybridized carbons (Fsp3) is 0.375. The van der Waals surface area contributed by atoms with Gasteiger partial charge in [-0.1, -0.05) is 37.0 Å². The van der Waals surface area contributed by atoms with Crippen LogP contribution in [0.4, 0.5) is 0 Å². The number of halogens is 2. The normalized spacial score (nSPS) is 11.1. The smallest absolute Gasteiger partial charge is 0.204 e. The van der Waals surface area contributed by atoms with Crippen LogP contribution in [0.3, 0.4) is 0 Å². The molecule has 0 amide bonds. The van der Waals surface area contributed by atoms with Gasteiger partial charge in [0.05, 0.1) is 12.1 Å². The van der Waals surface area contributed by atoms with E-state index in [2.05, 4.69) is 28.5 Å². The van der Waals surface area contributed by atoms with E-state index in [0.717, 1.165) is 11.1 Å². The molecule has 2 rings (SSSR count). The molecular weight excluding hydrogens is 353 g/mol. The van der Waals surface area contributed by atoms with Crippen LogP contribution in [-0.4, -0.2) is 24.1 Å². The Labute approximate surface area is 151 Å². The molecule has 0 aliphatic carbocycles. The van der Waals surface area contributed by atoms with Crippen LogP contribution in [0.5, 0.6) is 5.75 Å². The first-order valence-electron chi connectivity index (χ1n) is 7.17. The van der Waals surface area contributed by atoms with E-state index in [1.165, 1.54) is 17.5 Å². The zero-order valence-electron chi connectivity index (χ0n) is 13.5. The van der Waals surface area contributed by atoms with Crippen molar-refractivity contribution in [2.75, 3.05) is 14.2 Å². The van der Waals surface area contributed by atoms with Gasteiger partial charge in [0.2, 0.25) is 5.16 Å². The second kappa shape index (κ2) is 8.20. The number of nitrogens with one attached hydrogen (secondary N) is 1. The lowest BCUT2D eigenvalue weighted by Gasteiger charge is -2.16. The number of aromatic nitrogens is 2. The molecule has 4 nitrogen and oxygen atoms in total. The number of hydrogen-bond donors (Lipinski definition) is 1. The van der Waals surface area contributed by atoms with Gasteiger partial charge < -0.3 is 4.74 Å². The van der Waals surface area contributed by atoms with Crippen LogP contribution in [0.1, 0.15) is 36.5 Å². The zero-order chi connectivity index (χ0) is 17.0. The Morgan fingerprint density at radius 1 is 1.26 bits per heavy atom. The molecule has 0 fully saturated rings. The monoisotopic (exact) mass is 371 g/mol. The Hall–Kier alpha value is -1.01. The highest BCUT2D eigenvalue weighted by Gasteiger charge is 2.15. The average molecular weight is 372 g/mol. The minimum atomic E-state index is 0.343. The molecule has 0 unspecified atom stereocenters. The summed E-state index contributed by atoms with van der Waals surface area (Å²) in [5, 5.41) is 1.64. The SMILES string of the molecule is CNSc1ncc(Cc2cc(Cl)c(OC)cc2C(C)C)c(Cl)n1. The maximum atomic E-state index is 6.30. The number of hydrogen-bond acceptors (Lipinski definition) is 5. The van der Waals surface area contributed by atoms with Crippen LogP contribution in [-0.2, 0) is 6.42 Å². The molecule has 0 aliphatic rings. The number of ether oxygens (including phenoxy) is 1. The molecule has 0 aliphatic heterocycles. The van der Waals surface area contributed by atoms with Crippen molar-refractivity contribution in [3.8, 4) is 5.75 Å². The second-order valence-electron chi connectivity index (χ2n) is 5.29. The van der Waals surface area contributed by atoms with Crippen LogP contribution in [0.15, 0.2) is 23.5 Å². The van der Waals surface area contributed by atoms with E-state index in [-0.39, 0.29) is 0 Å². The maximum Gasteiger partial charge on any atom is 0.204 e. The molecule has 0 saturated carbocycles. The lowest BCUT2D eigenvalue weighted by molar-refractivity contribution is 0.414. The maximum absolute atomic E-state index is 6.30. The zero-order valence-corrected chi connectivity index (χ0v) is 15.8. The molecule has 0 saturated heterocycles. The second-order valence-corrected chi connectivity index (χ2v) is 7.03. The Morgan fingerprint density at radius 3 is 2.57 bits per heavy atom. The highest BCUT2D eigenvalue weighted by molar-refractivity contribution is 7.97. The predicted molar refractivity (Wildman–Crippen MR) is 96.9 cm³/mol. The molecule has 0 radical (unpaired) electrons. The van der Waals surface area contributed by atoms with E-state index in [1.54, 1.807) is 13.3 Å². The third-order valence-electron chi connectivity index (χ3n) is 3.40. The lowest BCUT2D eigenvalue weighted by atomic mass is 9.93. The number of rotatable bonds is 6. The van der Waals surface area contributed by atoms with Gasteiger partial charge in [0.15, 0.2) is 0 Å². The van der Waals surface area contributed by atoms with Crippen molar-refractivity contribution >= 4 is 35.1 Å². The Kier molecular flexibility index (Phi) is 6.53. The van der Waals surface area contributed by atoms with Crippen molar-refractivity contribution in [1.82, 2.24) is 14.7 Å². The summed E-state index contributed by atoms with van der Waals surface area (Å²) < 4.78 is 8.24. The summed E-state index contributed by atoms with van der Waals surface area (Å²) in [7, 11) is 3.43. The number of methoxy groups -OCH3 is 1. The van der Waals surface area contributed by atoms with Gasteiger partial charge in [-0.2, -0.15) is 0 Å². The summed E-state index contributed by atoms with van der Waals surface area (Å²) in [5.74, 6) is 1.03. The molecule has 1 N–H and O–H groups in total. The van der Waals surface area contributed by atoms with Crippen molar-refractivity contribution in [2.24, 2.45) is 0 Å². The Balaban J connectivity index is 2.37. The van der Waals surface area contributed by atoms with Crippen molar-refractivity contribution in [3.05, 3.63) is 45.2 Å². The molecule has 1 aromatic carbocycles. The third-order valence-corrected chi connectivity index (χ3v) is 4.61. The standard InChI is InChI=1S/C16H19Cl2N3OS/c1-9(2)12-7-14(22-4)13(17)6-10(12)5-11-8-20-16(23-19-3)21-15(11)18/h6-9,19H,5H2,1-4H3. The number of nitrogens with zero attached hydrogens (tertiary/aromatic N) is 2. The van der Waals surface area contributed by atoms with E-state index >= 15 is 0 Å². The van der Waals surface area contributed by atoms with E-state index in [4.69, 9.17) is 27.9 Å². The fourth-order valence-electron chi connectivity index (χ4n) is 2.29. The molecule has 1 aromatic heterocycles. The summed E-state index contributed by atoms with van der Waals surface area (Å²) in [4.78, 5) is 8.59. The van der Waals surface area contributed by atoms with Gasteiger partial charge in [-0.3, -0.25) is 4.72 Å². The van der Waals surface area contributed by atoms with Crippen LogP contribution in [0, 0.1) is 0 Å². The van der Waals surface area contributed by atoms with Gasteiger partial charge in [-0.15, -0.1) is 0 Å². The van der Waals surface area contributed by atoms with Crippen LogP contribution < -0.4 is 9.46 Å². The van der Waals surface area contributed by atoms with Crippen molar-refractivity contribution in [3.63, 3.8) is 0 Å². The van der Waals surface area contributed by atoms with Gasteiger partial charge in [0, 0.05) is 18.2 Å². The molecule has 23 heavy (non-hydrogen) atoms. The first-order chi connectivity index (χ1) is 11.0. The highest BCUT2D eigenvalue weighted by atomic mass is 35.5. The quantitative estimate of drug-likeness (QED) is 0.451. The molecule has 7 heteroatoms. The highest BCUT2D eigenvalue weighted by Crippen LogP contribution is 2.33. The van der Waals surface area contributed by atoms with E-state index in [0.29, 0.717) is 33.4 Å². The van der Waals surface area contributed by atoms with Crippen LogP contribution in [0.25, 0.3) is 0 Å². The summed E-state index contributed by atoms with van der Waals surface area (Å²) in [6.07, 6.45) is 2.39. The van der Waals surface area contributed by atoms with Crippen molar-refractivity contribution in [1.29, 1.82) is 0 Å². The predicted octanol–water partition coefficient (Wildman–Crippen LogP) is 4.73. The van der Waals surface area contributed by atoms with Crippen molar-refractivity contribution < 1.29 is 4.74 Å². The summed E-state index contributed by atoms with van der Waals surface area (Å²) in [6, 6.07) is 3.92. The van der Waals surface area contributed by atoms with Crippen LogP contribution in [0.2, 0.25) is 10.2 Å². The van der Waals surface area contributed by atoms with Gasteiger partial charge in [-0.25, -0.2) is 9.97 Å². The molecule has 1 heterocycles. The Morgan fingerprint density at radius 2 is 2.00 bits per heavy atom. The molecule has 0 atom stereocenters. The fourth-order valence-corrected chi connectivity index (χ4v) is 3.23. The molecule has 0 bridgehead atoms. The first-order valence-corrected chi connectivity index (χ1v) is 8.74. The van der Waals surface area contributed by atoms with Gasteiger partial charge in [0.1, 0.15) is 10.9 Å². The summed E-state index contributed by atoms with van der Waals surface area (Å²) >= 11 is 13.9. The van der Waals surface area contributed by atoms with Crippen molar-refractivity contribution in [2.45, 2.75) is 31.3 Å². The summed E-state index contributed by atoms with van der Waals surface area (Å²) in [6.45, 7) is 4.27. The molecular formula is C16H19Cl2N3OS. The topological polar surface area (TPSA) is 47.0 Å². The minimum absolute atomic E-state index is 0.343. The first kappa shape index (κ1) is 18.3. The van der Waals surface area contributed by atoms with E-state index in [9.17, 15) is 0 Å². The summed E-state index contributed by atoms with van der Waals surface area (Å²) in [5.41, 5.74) is 3.15. The van der Waals surface area contributed by atoms with E-state index in [1.807, 2.05) is 19.2 Å². The number of benzene rings is 1. The van der Waals surface area contributed by atoms with Crippen LogP contribution >= 0.6 is 35.1 Å². The third kappa shape index (κ3) is 4.51. The lowest BCUT2D eigenvalue weighted by Crippen LogP contribution is -2.03. The molecule has 124 valence electrons. The van der Waals surface area contributed by atoms with E-state index < -0.39 is 0 Å².